The number of carbonyl (C=O) groups is 1. The van der Waals surface area contributed by atoms with E-state index in [1.54, 1.807) is 18.3 Å². The molecule has 1 aromatic heterocycles. The van der Waals surface area contributed by atoms with Crippen molar-refractivity contribution in [2.45, 2.75) is 0 Å². The molecule has 0 unspecified atom stereocenters. The van der Waals surface area contributed by atoms with E-state index in [0.29, 0.717) is 11.3 Å². The van der Waals surface area contributed by atoms with Gasteiger partial charge in [-0.2, -0.15) is 0 Å². The second-order valence-corrected chi connectivity index (χ2v) is 6.31. The van der Waals surface area contributed by atoms with Crippen LogP contribution in [0.4, 0.5) is 17.1 Å². The molecule has 0 atom stereocenters. The van der Waals surface area contributed by atoms with Crippen molar-refractivity contribution in [1.29, 1.82) is 0 Å². The molecule has 5 nitrogen and oxygen atoms in total. The highest BCUT2D eigenvalue weighted by molar-refractivity contribution is 6.04. The number of nitrogens with zero attached hydrogens (tertiary/aromatic N) is 1. The first-order chi connectivity index (χ1) is 14.3. The van der Waals surface area contributed by atoms with Gasteiger partial charge in [-0.25, -0.2) is 0 Å². The Labute approximate surface area is 169 Å². The van der Waals surface area contributed by atoms with Crippen LogP contribution in [-0.2, 0) is 0 Å². The van der Waals surface area contributed by atoms with Gasteiger partial charge >= 0.3 is 0 Å². The van der Waals surface area contributed by atoms with E-state index in [-0.39, 0.29) is 5.91 Å². The summed E-state index contributed by atoms with van der Waals surface area (Å²) < 4.78 is 5.98. The molecule has 4 rings (SSSR count). The first-order valence-electron chi connectivity index (χ1n) is 9.18. The van der Waals surface area contributed by atoms with Crippen LogP contribution >= 0.6 is 0 Å². The number of aromatic nitrogens is 1. The second-order valence-electron chi connectivity index (χ2n) is 6.31. The molecule has 0 spiro atoms. The molecule has 3 aromatic carbocycles. The summed E-state index contributed by atoms with van der Waals surface area (Å²) in [5.41, 5.74) is 2.96. The fourth-order valence-electron chi connectivity index (χ4n) is 2.77. The van der Waals surface area contributed by atoms with E-state index in [9.17, 15) is 4.79 Å². The molecule has 1 amide bonds. The maximum absolute atomic E-state index is 12.2. The van der Waals surface area contributed by atoms with Gasteiger partial charge in [0.2, 0.25) is 0 Å². The number of hydrogen-bond acceptors (Lipinski definition) is 4. The van der Waals surface area contributed by atoms with Gasteiger partial charge in [0.15, 0.2) is 5.75 Å². The predicted octanol–water partition coefficient (Wildman–Crippen LogP) is 5.87. The van der Waals surface area contributed by atoms with E-state index in [4.69, 9.17) is 4.74 Å². The third kappa shape index (κ3) is 4.78. The van der Waals surface area contributed by atoms with Gasteiger partial charge in [-0.05, 0) is 60.7 Å². The highest BCUT2D eigenvalue weighted by Crippen LogP contribution is 2.31. The summed E-state index contributed by atoms with van der Waals surface area (Å²) in [4.78, 5) is 16.2. The zero-order chi connectivity index (χ0) is 19.9. The number of rotatable bonds is 6. The van der Waals surface area contributed by atoms with Crippen LogP contribution in [0.25, 0.3) is 0 Å². The quantitative estimate of drug-likeness (QED) is 0.438. The molecular formula is C24H19N3O2. The van der Waals surface area contributed by atoms with Crippen molar-refractivity contribution >= 4 is 23.0 Å². The number of para-hydroxylation sites is 3. The number of nitrogens with one attached hydrogen (secondary N) is 2. The summed E-state index contributed by atoms with van der Waals surface area (Å²) in [6.45, 7) is 0. The van der Waals surface area contributed by atoms with Crippen molar-refractivity contribution in [3.63, 3.8) is 0 Å². The minimum atomic E-state index is -0.194. The highest BCUT2D eigenvalue weighted by atomic mass is 16.5. The minimum absolute atomic E-state index is 0.194. The average molecular weight is 381 g/mol. The van der Waals surface area contributed by atoms with E-state index >= 15 is 0 Å². The summed E-state index contributed by atoms with van der Waals surface area (Å²) >= 11 is 0. The van der Waals surface area contributed by atoms with Crippen LogP contribution in [0.2, 0.25) is 0 Å². The maximum atomic E-state index is 12.2. The lowest BCUT2D eigenvalue weighted by Crippen LogP contribution is -2.11. The van der Waals surface area contributed by atoms with Gasteiger partial charge in [0, 0.05) is 23.8 Å². The largest absolute Gasteiger partial charge is 0.455 e. The first-order valence-corrected chi connectivity index (χ1v) is 9.18. The second kappa shape index (κ2) is 8.71. The molecule has 0 fully saturated rings. The summed E-state index contributed by atoms with van der Waals surface area (Å²) in [5, 5.41) is 6.22. The van der Waals surface area contributed by atoms with Crippen molar-refractivity contribution in [2.75, 3.05) is 10.6 Å². The Morgan fingerprint density at radius 3 is 2.24 bits per heavy atom. The standard InChI is InChI=1S/C24H19N3O2/c28-24(18-7-6-16-25-17-18)27-20-14-12-19(13-15-20)26-22-10-4-5-11-23(22)29-21-8-2-1-3-9-21/h1-17,26H,(H,27,28). The summed E-state index contributed by atoms with van der Waals surface area (Å²) in [5.74, 6) is 1.31. The lowest BCUT2D eigenvalue weighted by Gasteiger charge is -2.13. The molecule has 5 heteroatoms. The average Bonchev–Trinajstić information content (AvgIpc) is 2.78. The lowest BCUT2D eigenvalue weighted by atomic mass is 10.2. The minimum Gasteiger partial charge on any atom is -0.455 e. The van der Waals surface area contributed by atoms with E-state index in [1.165, 1.54) is 6.20 Å². The number of carbonyl (C=O) groups excluding carboxylic acids is 1. The van der Waals surface area contributed by atoms with Gasteiger partial charge in [-0.15, -0.1) is 0 Å². The molecule has 2 N–H and O–H groups in total. The fraction of sp³-hybridized carbons (Fsp3) is 0. The normalized spacial score (nSPS) is 10.2. The summed E-state index contributed by atoms with van der Waals surface area (Å²) in [6, 6.07) is 28.3. The number of ether oxygens (including phenoxy) is 1. The molecule has 0 saturated heterocycles. The monoisotopic (exact) mass is 381 g/mol. The van der Waals surface area contributed by atoms with Gasteiger partial charge in [0.25, 0.3) is 5.91 Å². The summed E-state index contributed by atoms with van der Waals surface area (Å²) in [7, 11) is 0. The van der Waals surface area contributed by atoms with Crippen LogP contribution in [0.3, 0.4) is 0 Å². The molecule has 0 radical (unpaired) electrons. The van der Waals surface area contributed by atoms with Crippen molar-refractivity contribution in [3.05, 3.63) is 109 Å². The van der Waals surface area contributed by atoms with Crippen LogP contribution in [0, 0.1) is 0 Å². The molecule has 142 valence electrons. The molecule has 0 bridgehead atoms. The molecule has 0 saturated carbocycles. The number of anilines is 3. The molecule has 0 aliphatic heterocycles. The van der Waals surface area contributed by atoms with Crippen molar-refractivity contribution in [1.82, 2.24) is 4.98 Å². The van der Waals surface area contributed by atoms with Crippen molar-refractivity contribution in [3.8, 4) is 11.5 Å². The van der Waals surface area contributed by atoms with Crippen LogP contribution in [0.15, 0.2) is 103 Å². The Hall–Kier alpha value is -4.12. The SMILES string of the molecule is O=C(Nc1ccc(Nc2ccccc2Oc2ccccc2)cc1)c1cccnc1. The number of hydrogen-bond donors (Lipinski definition) is 2. The zero-order valence-electron chi connectivity index (χ0n) is 15.6. The van der Waals surface area contributed by atoms with Gasteiger partial charge in [-0.3, -0.25) is 9.78 Å². The van der Waals surface area contributed by atoms with Crippen molar-refractivity contribution < 1.29 is 9.53 Å². The number of benzene rings is 3. The maximum Gasteiger partial charge on any atom is 0.257 e. The lowest BCUT2D eigenvalue weighted by molar-refractivity contribution is 0.102. The van der Waals surface area contributed by atoms with Crippen LogP contribution < -0.4 is 15.4 Å². The first kappa shape index (κ1) is 18.3. The molecule has 4 aromatic rings. The van der Waals surface area contributed by atoms with Crippen molar-refractivity contribution in [2.24, 2.45) is 0 Å². The third-order valence-electron chi connectivity index (χ3n) is 4.20. The topological polar surface area (TPSA) is 63.2 Å². The van der Waals surface area contributed by atoms with Crippen LogP contribution in [0.1, 0.15) is 10.4 Å². The number of amides is 1. The van der Waals surface area contributed by atoms with Crippen LogP contribution in [0.5, 0.6) is 11.5 Å². The molecule has 0 aliphatic rings. The van der Waals surface area contributed by atoms with Gasteiger partial charge in [0.05, 0.1) is 11.3 Å². The Balaban J connectivity index is 1.45. The van der Waals surface area contributed by atoms with Gasteiger partial charge < -0.3 is 15.4 Å². The fourth-order valence-corrected chi connectivity index (χ4v) is 2.77. The van der Waals surface area contributed by atoms with E-state index in [0.717, 1.165) is 22.9 Å². The van der Waals surface area contributed by atoms with E-state index in [1.807, 2.05) is 78.9 Å². The van der Waals surface area contributed by atoms with E-state index < -0.39 is 0 Å². The van der Waals surface area contributed by atoms with Gasteiger partial charge in [-0.1, -0.05) is 30.3 Å². The Kier molecular flexibility index (Phi) is 5.48. The Bertz CT molecular complexity index is 1080. The number of pyridine rings is 1. The Morgan fingerprint density at radius 2 is 1.48 bits per heavy atom. The molecular weight excluding hydrogens is 362 g/mol. The molecule has 0 aliphatic carbocycles. The Morgan fingerprint density at radius 1 is 0.759 bits per heavy atom. The van der Waals surface area contributed by atoms with Crippen LogP contribution in [-0.4, -0.2) is 10.9 Å². The predicted molar refractivity (Wildman–Crippen MR) is 115 cm³/mol. The van der Waals surface area contributed by atoms with E-state index in [2.05, 4.69) is 15.6 Å². The smallest absolute Gasteiger partial charge is 0.257 e. The molecule has 29 heavy (non-hydrogen) atoms. The molecule has 1 heterocycles. The zero-order valence-corrected chi connectivity index (χ0v) is 15.6. The van der Waals surface area contributed by atoms with Gasteiger partial charge in [0.1, 0.15) is 5.75 Å². The highest BCUT2D eigenvalue weighted by Gasteiger charge is 2.07. The third-order valence-corrected chi connectivity index (χ3v) is 4.20. The summed E-state index contributed by atoms with van der Waals surface area (Å²) in [6.07, 6.45) is 3.17.